The lowest BCUT2D eigenvalue weighted by Crippen LogP contribution is -2.02. The molecule has 0 radical (unpaired) electrons. The minimum absolute atomic E-state index is 1.10. The fraction of sp³-hybridized carbons (Fsp3) is 0.333. The molecule has 0 unspecified atom stereocenters. The van der Waals surface area contributed by atoms with Gasteiger partial charge in [0, 0.05) is 0 Å². The van der Waals surface area contributed by atoms with E-state index in [4.69, 9.17) is 0 Å². The topological polar surface area (TPSA) is 52.0 Å². The van der Waals surface area contributed by atoms with Crippen molar-refractivity contribution in [2.45, 2.75) is 13.3 Å². The molecule has 0 bridgehead atoms. The third-order valence-corrected chi connectivity index (χ3v) is 0.508. The third-order valence-electron chi connectivity index (χ3n) is 0.508. The molecule has 0 heterocycles. The van der Waals surface area contributed by atoms with Crippen LogP contribution in [0.2, 0.25) is 0 Å². The molecule has 0 saturated carbocycles. The van der Waals surface area contributed by atoms with E-state index < -0.39 is 0 Å². The molecule has 0 aliphatic carbocycles. The standard InChI is InChI=1S/C6H10.H4N2/c1-3-5-6-4-2;1-2/h3,5-6H,1,4H2,2H3;1-2H2. The highest BCUT2D eigenvalue weighted by molar-refractivity contribution is 4.96. The Morgan fingerprint density at radius 2 is 2.00 bits per heavy atom. The molecule has 0 aromatic rings. The van der Waals surface area contributed by atoms with Crippen LogP contribution in [-0.4, -0.2) is 0 Å². The van der Waals surface area contributed by atoms with Gasteiger partial charge in [-0.3, -0.25) is 11.7 Å². The van der Waals surface area contributed by atoms with Gasteiger partial charge in [0.1, 0.15) is 0 Å². The number of nitrogens with two attached hydrogens (primary N) is 2. The number of hydrogen-bond acceptors (Lipinski definition) is 2. The summed E-state index contributed by atoms with van der Waals surface area (Å²) in [6.45, 7) is 5.61. The van der Waals surface area contributed by atoms with Crippen molar-refractivity contribution in [1.82, 2.24) is 0 Å². The summed E-state index contributed by atoms with van der Waals surface area (Å²) in [5, 5.41) is 0. The van der Waals surface area contributed by atoms with Crippen LogP contribution in [0.4, 0.5) is 0 Å². The number of hydrazine groups is 1. The molecule has 0 aromatic carbocycles. The van der Waals surface area contributed by atoms with Gasteiger partial charge in [0.15, 0.2) is 0 Å². The van der Waals surface area contributed by atoms with Gasteiger partial charge in [-0.2, -0.15) is 0 Å². The second-order valence-corrected chi connectivity index (χ2v) is 1.07. The lowest BCUT2D eigenvalue weighted by Gasteiger charge is -1.67. The van der Waals surface area contributed by atoms with E-state index in [2.05, 4.69) is 31.3 Å². The molecule has 0 aromatic heterocycles. The van der Waals surface area contributed by atoms with Gasteiger partial charge >= 0.3 is 0 Å². The van der Waals surface area contributed by atoms with E-state index in [9.17, 15) is 0 Å². The quantitative estimate of drug-likeness (QED) is 0.319. The Morgan fingerprint density at radius 1 is 1.50 bits per heavy atom. The number of hydrogen-bond donors (Lipinski definition) is 2. The van der Waals surface area contributed by atoms with Gasteiger partial charge in [0.25, 0.3) is 0 Å². The van der Waals surface area contributed by atoms with Crippen molar-refractivity contribution >= 4 is 0 Å². The molecular weight excluding hydrogens is 100 g/mol. The zero-order chi connectivity index (χ0) is 6.83. The molecule has 48 valence electrons. The van der Waals surface area contributed by atoms with Gasteiger partial charge in [0.05, 0.1) is 0 Å². The van der Waals surface area contributed by atoms with E-state index >= 15 is 0 Å². The highest BCUT2D eigenvalue weighted by Gasteiger charge is 1.55. The SMILES string of the molecule is C=CC=CCC.NN. The molecular formula is C6H14N2. The maximum absolute atomic E-state index is 4.00. The van der Waals surface area contributed by atoms with Gasteiger partial charge in [-0.1, -0.05) is 31.7 Å². The summed E-state index contributed by atoms with van der Waals surface area (Å²) >= 11 is 0. The average Bonchev–Trinajstić information content (AvgIpc) is 1.88. The lowest BCUT2D eigenvalue weighted by atomic mass is 10.4. The van der Waals surface area contributed by atoms with Crippen molar-refractivity contribution in [3.05, 3.63) is 24.8 Å². The molecule has 0 spiro atoms. The van der Waals surface area contributed by atoms with Crippen LogP contribution in [0.25, 0.3) is 0 Å². The Bertz CT molecular complexity index is 57.5. The van der Waals surface area contributed by atoms with Crippen LogP contribution in [0.15, 0.2) is 24.8 Å². The van der Waals surface area contributed by atoms with E-state index in [1.165, 1.54) is 0 Å². The zero-order valence-corrected chi connectivity index (χ0v) is 5.30. The van der Waals surface area contributed by atoms with Gasteiger partial charge in [0.2, 0.25) is 0 Å². The molecule has 2 heteroatoms. The first kappa shape index (κ1) is 10.4. The van der Waals surface area contributed by atoms with Crippen LogP contribution >= 0.6 is 0 Å². The molecule has 4 N–H and O–H groups in total. The van der Waals surface area contributed by atoms with Gasteiger partial charge in [-0.05, 0) is 6.42 Å². The Kier molecular flexibility index (Phi) is 21.0. The summed E-state index contributed by atoms with van der Waals surface area (Å²) in [7, 11) is 0. The van der Waals surface area contributed by atoms with E-state index in [-0.39, 0.29) is 0 Å². The molecule has 0 aliphatic rings. The van der Waals surface area contributed by atoms with Crippen LogP contribution in [-0.2, 0) is 0 Å². The van der Waals surface area contributed by atoms with Crippen molar-refractivity contribution in [3.63, 3.8) is 0 Å². The summed E-state index contributed by atoms with van der Waals surface area (Å²) in [6.07, 6.45) is 6.89. The van der Waals surface area contributed by atoms with E-state index in [0.717, 1.165) is 6.42 Å². The summed E-state index contributed by atoms with van der Waals surface area (Å²) in [5.74, 6) is 8.00. The van der Waals surface area contributed by atoms with Crippen molar-refractivity contribution in [2.75, 3.05) is 0 Å². The predicted octanol–water partition coefficient (Wildman–Crippen LogP) is 0.957. The van der Waals surface area contributed by atoms with E-state index in [1.807, 2.05) is 6.08 Å². The van der Waals surface area contributed by atoms with Crippen molar-refractivity contribution < 1.29 is 0 Å². The van der Waals surface area contributed by atoms with Crippen molar-refractivity contribution in [3.8, 4) is 0 Å². The predicted molar refractivity (Wildman–Crippen MR) is 38.0 cm³/mol. The average molecular weight is 114 g/mol. The third kappa shape index (κ3) is 18.2. The van der Waals surface area contributed by atoms with Crippen LogP contribution < -0.4 is 11.7 Å². The highest BCUT2D eigenvalue weighted by Crippen LogP contribution is 1.76. The Balaban J connectivity index is 0. The van der Waals surface area contributed by atoms with E-state index in [0.29, 0.717) is 0 Å². The Morgan fingerprint density at radius 3 is 2.12 bits per heavy atom. The highest BCUT2D eigenvalue weighted by atomic mass is 15.0. The molecule has 0 saturated heterocycles. The second-order valence-electron chi connectivity index (χ2n) is 1.07. The fourth-order valence-corrected chi connectivity index (χ4v) is 0.232. The van der Waals surface area contributed by atoms with Crippen molar-refractivity contribution in [1.29, 1.82) is 0 Å². The van der Waals surface area contributed by atoms with Gasteiger partial charge in [-0.25, -0.2) is 0 Å². The van der Waals surface area contributed by atoms with Gasteiger partial charge < -0.3 is 0 Å². The first-order valence-electron chi connectivity index (χ1n) is 2.52. The monoisotopic (exact) mass is 114 g/mol. The van der Waals surface area contributed by atoms with E-state index in [1.54, 1.807) is 6.08 Å². The maximum atomic E-state index is 4.00. The van der Waals surface area contributed by atoms with Crippen LogP contribution in [0.1, 0.15) is 13.3 Å². The minimum Gasteiger partial charge on any atom is -0.274 e. The molecule has 2 nitrogen and oxygen atoms in total. The first-order chi connectivity index (χ1) is 3.91. The Labute approximate surface area is 50.8 Å². The van der Waals surface area contributed by atoms with Crippen LogP contribution in [0.5, 0.6) is 0 Å². The molecule has 0 aliphatic heterocycles. The molecule has 8 heavy (non-hydrogen) atoms. The number of rotatable bonds is 2. The summed E-state index contributed by atoms with van der Waals surface area (Å²) in [6, 6.07) is 0. The summed E-state index contributed by atoms with van der Waals surface area (Å²) < 4.78 is 0. The van der Waals surface area contributed by atoms with Crippen LogP contribution in [0, 0.1) is 0 Å². The zero-order valence-electron chi connectivity index (χ0n) is 5.30. The minimum atomic E-state index is 1.10. The van der Waals surface area contributed by atoms with Gasteiger partial charge in [-0.15, -0.1) is 0 Å². The lowest BCUT2D eigenvalue weighted by molar-refractivity contribution is 1.22. The Hall–Kier alpha value is -0.600. The molecule has 0 fully saturated rings. The largest absolute Gasteiger partial charge is 0.274 e. The smallest absolute Gasteiger partial charge is 0.0376 e. The fourth-order valence-electron chi connectivity index (χ4n) is 0.232. The van der Waals surface area contributed by atoms with Crippen molar-refractivity contribution in [2.24, 2.45) is 11.7 Å². The second kappa shape index (κ2) is 16.1. The first-order valence-corrected chi connectivity index (χ1v) is 2.52. The normalized spacial score (nSPS) is 7.88. The number of allylic oxidation sites excluding steroid dienone is 3. The molecule has 0 rings (SSSR count). The molecule has 0 amide bonds. The maximum Gasteiger partial charge on any atom is -0.0376 e. The van der Waals surface area contributed by atoms with Crippen LogP contribution in [0.3, 0.4) is 0 Å². The molecule has 0 atom stereocenters. The summed E-state index contributed by atoms with van der Waals surface area (Å²) in [5.41, 5.74) is 0. The summed E-state index contributed by atoms with van der Waals surface area (Å²) in [4.78, 5) is 0.